The fraction of sp³-hybridized carbons (Fsp3) is 0.417. The quantitative estimate of drug-likeness (QED) is 0.539. The van der Waals surface area contributed by atoms with Gasteiger partial charge in [0.05, 0.1) is 28.8 Å². The molecule has 1 aromatic heterocycles. The van der Waals surface area contributed by atoms with E-state index in [2.05, 4.69) is 10.3 Å². The Hall–Kier alpha value is -2.44. The van der Waals surface area contributed by atoms with Crippen LogP contribution in [0.5, 0.6) is 0 Å². The number of aliphatic hydroxyl groups excluding tert-OH is 1. The van der Waals surface area contributed by atoms with Crippen LogP contribution in [0.4, 0.5) is 14.5 Å². The first-order valence-corrected chi connectivity index (χ1v) is 10.5. The first kappa shape index (κ1) is 20.8. The molecule has 2 heterocycles. The van der Waals surface area contributed by atoms with Gasteiger partial charge in [0.15, 0.2) is 0 Å². The van der Waals surface area contributed by atoms with Crippen molar-refractivity contribution in [1.82, 2.24) is 9.88 Å². The summed E-state index contributed by atoms with van der Waals surface area (Å²) in [6.45, 7) is 10.9. The highest BCUT2D eigenvalue weighted by atomic mass is 19.1. The Labute approximate surface area is 175 Å². The predicted octanol–water partition coefficient (Wildman–Crippen LogP) is 5.37. The minimum absolute atomic E-state index is 0.0629. The van der Waals surface area contributed by atoms with Crippen LogP contribution < -0.4 is 5.32 Å². The predicted molar refractivity (Wildman–Crippen MR) is 118 cm³/mol. The third kappa shape index (κ3) is 3.01. The van der Waals surface area contributed by atoms with Gasteiger partial charge in [-0.15, -0.1) is 0 Å². The van der Waals surface area contributed by atoms with Gasteiger partial charge < -0.3 is 15.4 Å². The number of nitrogens with zero attached hydrogens (tertiary/aromatic N) is 1. The lowest BCUT2D eigenvalue weighted by Gasteiger charge is -2.47. The molecule has 0 radical (unpaired) electrons. The summed E-state index contributed by atoms with van der Waals surface area (Å²) < 4.78 is 31.4. The van der Waals surface area contributed by atoms with Crippen molar-refractivity contribution in [3.63, 3.8) is 0 Å². The molecule has 0 fully saturated rings. The van der Waals surface area contributed by atoms with Gasteiger partial charge in [0, 0.05) is 28.4 Å². The zero-order valence-electron chi connectivity index (χ0n) is 18.1. The second-order valence-electron chi connectivity index (χ2n) is 8.67. The maximum absolute atomic E-state index is 16.1. The molecule has 1 aliphatic rings. The van der Waals surface area contributed by atoms with Crippen LogP contribution in [-0.4, -0.2) is 39.7 Å². The van der Waals surface area contributed by atoms with E-state index < -0.39 is 29.3 Å². The number of likely N-dealkylation sites (N-methyl/N-ethyl adjacent to an activating group) is 1. The van der Waals surface area contributed by atoms with Crippen LogP contribution in [0.2, 0.25) is 0 Å². The number of fused-ring (bicyclic) bond motifs is 2. The molecule has 2 aromatic carbocycles. The SMILES string of the molecule is CCN(CC)[C@H]1c2c(cc(F)c(-c3cccc4c(C)c[nH]c34)c2F)NC(C)(C)C1O. The van der Waals surface area contributed by atoms with Gasteiger partial charge in [0.25, 0.3) is 0 Å². The molecule has 30 heavy (non-hydrogen) atoms. The molecule has 4 rings (SSSR count). The monoisotopic (exact) mass is 413 g/mol. The molecule has 4 nitrogen and oxygen atoms in total. The van der Waals surface area contributed by atoms with Crippen molar-refractivity contribution in [2.24, 2.45) is 0 Å². The molecule has 0 bridgehead atoms. The van der Waals surface area contributed by atoms with Crippen LogP contribution in [0.1, 0.15) is 44.9 Å². The van der Waals surface area contributed by atoms with Crippen LogP contribution in [0.3, 0.4) is 0 Å². The number of nitrogens with one attached hydrogen (secondary N) is 2. The van der Waals surface area contributed by atoms with E-state index in [1.165, 1.54) is 6.07 Å². The van der Waals surface area contributed by atoms with Crippen molar-refractivity contribution in [3.8, 4) is 11.1 Å². The summed E-state index contributed by atoms with van der Waals surface area (Å²) in [5.41, 5.74) is 2.14. The number of halogens is 2. The zero-order chi connectivity index (χ0) is 21.8. The molecule has 160 valence electrons. The number of hydrogen-bond donors (Lipinski definition) is 3. The zero-order valence-corrected chi connectivity index (χ0v) is 18.1. The third-order valence-corrected chi connectivity index (χ3v) is 6.44. The average Bonchev–Trinajstić information content (AvgIpc) is 3.07. The Balaban J connectivity index is 2.01. The van der Waals surface area contributed by atoms with Crippen LogP contribution in [0, 0.1) is 18.6 Å². The Morgan fingerprint density at radius 3 is 2.53 bits per heavy atom. The lowest BCUT2D eigenvalue weighted by atomic mass is 9.80. The van der Waals surface area contributed by atoms with Crippen LogP contribution >= 0.6 is 0 Å². The topological polar surface area (TPSA) is 51.3 Å². The summed E-state index contributed by atoms with van der Waals surface area (Å²) in [5.74, 6) is -1.24. The normalized spacial score (nSPS) is 20.4. The largest absolute Gasteiger partial charge is 0.389 e. The van der Waals surface area contributed by atoms with E-state index in [1.807, 2.05) is 57.8 Å². The Morgan fingerprint density at radius 2 is 1.87 bits per heavy atom. The van der Waals surface area contributed by atoms with E-state index in [0.29, 0.717) is 35.4 Å². The maximum Gasteiger partial charge on any atom is 0.141 e. The molecule has 0 saturated carbocycles. The summed E-state index contributed by atoms with van der Waals surface area (Å²) in [7, 11) is 0. The van der Waals surface area contributed by atoms with E-state index >= 15 is 8.78 Å². The number of para-hydroxylation sites is 1. The molecule has 2 atom stereocenters. The van der Waals surface area contributed by atoms with Crippen LogP contribution in [0.25, 0.3) is 22.0 Å². The van der Waals surface area contributed by atoms with Gasteiger partial charge in [-0.1, -0.05) is 32.0 Å². The molecule has 3 aromatic rings. The molecular weight excluding hydrogens is 384 g/mol. The first-order valence-electron chi connectivity index (χ1n) is 10.5. The number of aryl methyl sites for hydroxylation is 1. The standard InChI is InChI=1S/C24H29F2N3O/c1-6-29(7-2)22-19-17(28-24(4,5)23(22)30)11-16(25)18(20(19)26)15-10-8-9-14-13(3)12-27-21(14)15/h8-12,22-23,27-28,30H,6-7H2,1-5H3/t22-,23?/m0/s1. The molecule has 3 N–H and O–H groups in total. The van der Waals surface area contributed by atoms with E-state index in [0.717, 1.165) is 10.9 Å². The first-order chi connectivity index (χ1) is 14.2. The number of anilines is 1. The third-order valence-electron chi connectivity index (χ3n) is 6.44. The number of benzene rings is 2. The second-order valence-corrected chi connectivity index (χ2v) is 8.67. The van der Waals surface area contributed by atoms with Gasteiger partial charge in [0.2, 0.25) is 0 Å². The van der Waals surface area contributed by atoms with E-state index in [4.69, 9.17) is 0 Å². The van der Waals surface area contributed by atoms with E-state index in [1.54, 1.807) is 6.07 Å². The molecule has 0 saturated heterocycles. The number of rotatable bonds is 4. The number of aromatic nitrogens is 1. The molecule has 0 spiro atoms. The summed E-state index contributed by atoms with van der Waals surface area (Å²) in [5, 5.41) is 15.2. The summed E-state index contributed by atoms with van der Waals surface area (Å²) in [6.07, 6.45) is 0.982. The van der Waals surface area contributed by atoms with Crippen molar-refractivity contribution in [2.75, 3.05) is 18.4 Å². The smallest absolute Gasteiger partial charge is 0.141 e. The summed E-state index contributed by atoms with van der Waals surface area (Å²) in [6, 6.07) is 6.28. The highest BCUT2D eigenvalue weighted by Gasteiger charge is 2.45. The van der Waals surface area contributed by atoms with Gasteiger partial charge in [0.1, 0.15) is 11.6 Å². The Kier molecular flexibility index (Phi) is 5.11. The average molecular weight is 414 g/mol. The minimum atomic E-state index is -0.860. The van der Waals surface area contributed by atoms with Gasteiger partial charge in [-0.25, -0.2) is 8.78 Å². The lowest BCUT2D eigenvalue weighted by molar-refractivity contribution is 0.00979. The van der Waals surface area contributed by atoms with Crippen molar-refractivity contribution in [2.45, 2.75) is 52.3 Å². The molecule has 0 amide bonds. The van der Waals surface area contributed by atoms with Crippen LogP contribution in [-0.2, 0) is 0 Å². The van der Waals surface area contributed by atoms with Gasteiger partial charge in [-0.3, -0.25) is 4.90 Å². The van der Waals surface area contributed by atoms with Gasteiger partial charge in [-0.2, -0.15) is 0 Å². The van der Waals surface area contributed by atoms with Gasteiger partial charge in [-0.05, 0) is 45.5 Å². The molecule has 6 heteroatoms. The maximum atomic E-state index is 16.1. The van der Waals surface area contributed by atoms with Crippen molar-refractivity contribution < 1.29 is 13.9 Å². The number of H-pyrrole nitrogens is 1. The van der Waals surface area contributed by atoms with Crippen molar-refractivity contribution >= 4 is 16.6 Å². The number of hydrogen-bond acceptors (Lipinski definition) is 3. The van der Waals surface area contributed by atoms with E-state index in [-0.39, 0.29) is 5.56 Å². The Morgan fingerprint density at radius 1 is 1.17 bits per heavy atom. The highest BCUT2D eigenvalue weighted by molar-refractivity contribution is 5.96. The summed E-state index contributed by atoms with van der Waals surface area (Å²) >= 11 is 0. The van der Waals surface area contributed by atoms with E-state index in [9.17, 15) is 5.11 Å². The van der Waals surface area contributed by atoms with Crippen molar-refractivity contribution in [1.29, 1.82) is 0 Å². The van der Waals surface area contributed by atoms with Crippen LogP contribution in [0.15, 0.2) is 30.5 Å². The molecule has 1 aliphatic heterocycles. The number of aliphatic hydroxyl groups is 1. The highest BCUT2D eigenvalue weighted by Crippen LogP contribution is 2.46. The van der Waals surface area contributed by atoms with Crippen molar-refractivity contribution in [3.05, 3.63) is 53.2 Å². The fourth-order valence-electron chi connectivity index (χ4n) is 4.75. The fourth-order valence-corrected chi connectivity index (χ4v) is 4.75. The molecule has 0 aliphatic carbocycles. The van der Waals surface area contributed by atoms with Gasteiger partial charge >= 0.3 is 0 Å². The lowest BCUT2D eigenvalue weighted by Crippen LogP contribution is -2.55. The molecule has 1 unspecified atom stereocenters. The minimum Gasteiger partial charge on any atom is -0.389 e. The molecular formula is C24H29F2N3O. The second kappa shape index (κ2) is 7.36. The summed E-state index contributed by atoms with van der Waals surface area (Å²) in [4.78, 5) is 5.18. The Bertz CT molecular complexity index is 1100. The number of aromatic amines is 1.